The van der Waals surface area contributed by atoms with Crippen LogP contribution in [0.4, 0.5) is 0 Å². The van der Waals surface area contributed by atoms with E-state index in [4.69, 9.17) is 0 Å². The van der Waals surface area contributed by atoms with Crippen molar-refractivity contribution in [2.45, 2.75) is 31.0 Å². The van der Waals surface area contributed by atoms with Crippen molar-refractivity contribution in [1.82, 2.24) is 0 Å². The maximum Gasteiger partial charge on any atom is 0.0463 e. The first-order valence-electron chi connectivity index (χ1n) is 6.48. The first-order valence-corrected chi connectivity index (χ1v) is 7.39. The molecule has 0 N–H and O–H groups in total. The third kappa shape index (κ3) is 3.02. The predicted molar refractivity (Wildman–Crippen MR) is 82.3 cm³/mol. The Kier molecular flexibility index (Phi) is 4.60. The topological polar surface area (TPSA) is 0 Å². The summed E-state index contributed by atoms with van der Waals surface area (Å²) in [5.41, 5.74) is 4.07. The zero-order valence-corrected chi connectivity index (χ0v) is 12.5. The van der Waals surface area contributed by atoms with Gasteiger partial charge in [0, 0.05) is 10.7 Å². The Labute approximate surface area is 118 Å². The highest BCUT2D eigenvalue weighted by molar-refractivity contribution is 9.09. The van der Waals surface area contributed by atoms with Crippen molar-refractivity contribution in [3.8, 4) is 0 Å². The number of hydrogen-bond acceptors (Lipinski definition) is 0. The van der Waals surface area contributed by atoms with E-state index in [0.29, 0.717) is 10.7 Å². The lowest BCUT2D eigenvalue weighted by atomic mass is 9.89. The molecule has 0 saturated heterocycles. The second kappa shape index (κ2) is 6.19. The summed E-state index contributed by atoms with van der Waals surface area (Å²) >= 11 is 3.87. The monoisotopic (exact) mass is 302 g/mol. The van der Waals surface area contributed by atoms with Gasteiger partial charge in [0.15, 0.2) is 0 Å². The van der Waals surface area contributed by atoms with Crippen molar-refractivity contribution in [2.75, 3.05) is 0 Å². The fraction of sp³-hybridized carbons (Fsp3) is 0.294. The van der Waals surface area contributed by atoms with Crippen LogP contribution < -0.4 is 0 Å². The molecule has 2 unspecified atom stereocenters. The largest absolute Gasteiger partial charge is 0.0832 e. The quantitative estimate of drug-likeness (QED) is 0.643. The summed E-state index contributed by atoms with van der Waals surface area (Å²) in [7, 11) is 0. The molecular weight excluding hydrogens is 284 g/mol. The Morgan fingerprint density at radius 3 is 2.06 bits per heavy atom. The molecule has 0 aromatic heterocycles. The Morgan fingerprint density at radius 1 is 0.889 bits per heavy atom. The van der Waals surface area contributed by atoms with E-state index < -0.39 is 0 Å². The SMILES string of the molecule is CCC(c1ccccc1)C(Br)c1ccc(C)cc1. The van der Waals surface area contributed by atoms with Gasteiger partial charge in [-0.15, -0.1) is 0 Å². The number of aryl methyl sites for hydroxylation is 1. The standard InChI is InChI=1S/C17H19Br/c1-3-16(14-7-5-4-6-8-14)17(18)15-11-9-13(2)10-12-15/h4-12,16-17H,3H2,1-2H3. The lowest BCUT2D eigenvalue weighted by Gasteiger charge is -2.22. The molecule has 2 rings (SSSR count). The van der Waals surface area contributed by atoms with Crippen LogP contribution in [0.5, 0.6) is 0 Å². The van der Waals surface area contributed by atoms with Gasteiger partial charge >= 0.3 is 0 Å². The summed E-state index contributed by atoms with van der Waals surface area (Å²) in [6.07, 6.45) is 1.13. The maximum atomic E-state index is 3.87. The van der Waals surface area contributed by atoms with E-state index in [9.17, 15) is 0 Å². The van der Waals surface area contributed by atoms with Crippen LogP contribution in [0, 0.1) is 6.92 Å². The summed E-state index contributed by atoms with van der Waals surface area (Å²) in [4.78, 5) is 0.380. The van der Waals surface area contributed by atoms with Gasteiger partial charge in [0.1, 0.15) is 0 Å². The lowest BCUT2D eigenvalue weighted by molar-refractivity contribution is 0.655. The van der Waals surface area contributed by atoms with Crippen LogP contribution in [-0.4, -0.2) is 0 Å². The number of benzene rings is 2. The Balaban J connectivity index is 2.25. The maximum absolute atomic E-state index is 3.87. The minimum Gasteiger partial charge on any atom is -0.0832 e. The van der Waals surface area contributed by atoms with Crippen molar-refractivity contribution < 1.29 is 0 Å². The smallest absolute Gasteiger partial charge is 0.0463 e. The fourth-order valence-corrected chi connectivity index (χ4v) is 3.28. The molecule has 0 aliphatic carbocycles. The fourth-order valence-electron chi connectivity index (χ4n) is 2.29. The highest BCUT2D eigenvalue weighted by atomic mass is 79.9. The zero-order chi connectivity index (χ0) is 13.0. The average Bonchev–Trinajstić information content (AvgIpc) is 2.41. The van der Waals surface area contributed by atoms with Crippen molar-refractivity contribution in [2.24, 2.45) is 0 Å². The molecule has 0 radical (unpaired) electrons. The molecule has 0 heterocycles. The van der Waals surface area contributed by atoms with Crippen LogP contribution in [-0.2, 0) is 0 Å². The average molecular weight is 303 g/mol. The van der Waals surface area contributed by atoms with Crippen LogP contribution in [0.2, 0.25) is 0 Å². The molecule has 2 aromatic carbocycles. The van der Waals surface area contributed by atoms with E-state index in [2.05, 4.69) is 84.4 Å². The van der Waals surface area contributed by atoms with E-state index in [1.54, 1.807) is 0 Å². The van der Waals surface area contributed by atoms with Gasteiger partial charge in [-0.2, -0.15) is 0 Å². The van der Waals surface area contributed by atoms with Gasteiger partial charge in [0.2, 0.25) is 0 Å². The molecule has 18 heavy (non-hydrogen) atoms. The normalized spacial score (nSPS) is 14.2. The van der Waals surface area contributed by atoms with Crippen LogP contribution in [0.3, 0.4) is 0 Å². The minimum atomic E-state index is 0.380. The van der Waals surface area contributed by atoms with Crippen molar-refractivity contribution in [3.05, 3.63) is 71.3 Å². The molecule has 0 amide bonds. The minimum absolute atomic E-state index is 0.380. The van der Waals surface area contributed by atoms with Gasteiger partial charge < -0.3 is 0 Å². The van der Waals surface area contributed by atoms with E-state index >= 15 is 0 Å². The highest BCUT2D eigenvalue weighted by Crippen LogP contribution is 2.39. The van der Waals surface area contributed by atoms with Crippen LogP contribution >= 0.6 is 15.9 Å². The molecule has 2 aromatic rings. The van der Waals surface area contributed by atoms with Gasteiger partial charge in [0.25, 0.3) is 0 Å². The molecule has 0 spiro atoms. The number of alkyl halides is 1. The molecule has 1 heteroatoms. The van der Waals surface area contributed by atoms with Gasteiger partial charge in [-0.1, -0.05) is 83.0 Å². The third-order valence-electron chi connectivity index (χ3n) is 3.42. The van der Waals surface area contributed by atoms with Gasteiger partial charge in [-0.05, 0) is 24.5 Å². The number of halogens is 1. The molecule has 0 saturated carbocycles. The van der Waals surface area contributed by atoms with E-state index in [1.165, 1.54) is 16.7 Å². The summed E-state index contributed by atoms with van der Waals surface area (Å²) in [5, 5.41) is 0. The molecule has 0 aliphatic rings. The Bertz CT molecular complexity index is 473. The second-order valence-corrected chi connectivity index (χ2v) is 5.72. The van der Waals surface area contributed by atoms with Crippen molar-refractivity contribution >= 4 is 15.9 Å². The Hall–Kier alpha value is -1.08. The van der Waals surface area contributed by atoms with E-state index in [-0.39, 0.29) is 0 Å². The van der Waals surface area contributed by atoms with Crippen LogP contribution in [0.25, 0.3) is 0 Å². The number of rotatable bonds is 4. The summed E-state index contributed by atoms with van der Waals surface area (Å²) in [6, 6.07) is 19.6. The van der Waals surface area contributed by atoms with Crippen LogP contribution in [0.1, 0.15) is 40.8 Å². The molecule has 0 nitrogen and oxygen atoms in total. The summed E-state index contributed by atoms with van der Waals surface area (Å²) < 4.78 is 0. The predicted octanol–water partition coefficient (Wildman–Crippen LogP) is 5.62. The van der Waals surface area contributed by atoms with Gasteiger partial charge in [-0.25, -0.2) is 0 Å². The van der Waals surface area contributed by atoms with E-state index in [0.717, 1.165) is 6.42 Å². The number of hydrogen-bond donors (Lipinski definition) is 0. The van der Waals surface area contributed by atoms with Gasteiger partial charge in [0.05, 0.1) is 0 Å². The summed E-state index contributed by atoms with van der Waals surface area (Å²) in [6.45, 7) is 4.38. The van der Waals surface area contributed by atoms with Gasteiger partial charge in [-0.3, -0.25) is 0 Å². The molecular formula is C17H19Br. The van der Waals surface area contributed by atoms with E-state index in [1.807, 2.05) is 0 Å². The van der Waals surface area contributed by atoms with Crippen molar-refractivity contribution in [1.29, 1.82) is 0 Å². The van der Waals surface area contributed by atoms with Crippen LogP contribution in [0.15, 0.2) is 54.6 Å². The highest BCUT2D eigenvalue weighted by Gasteiger charge is 2.20. The molecule has 0 aliphatic heterocycles. The first-order chi connectivity index (χ1) is 8.72. The lowest BCUT2D eigenvalue weighted by Crippen LogP contribution is -2.05. The zero-order valence-electron chi connectivity index (χ0n) is 10.9. The summed E-state index contributed by atoms with van der Waals surface area (Å²) in [5.74, 6) is 0.522. The Morgan fingerprint density at radius 2 is 1.50 bits per heavy atom. The molecule has 0 bridgehead atoms. The molecule has 2 atom stereocenters. The third-order valence-corrected chi connectivity index (χ3v) is 4.58. The first kappa shape index (κ1) is 13.4. The van der Waals surface area contributed by atoms with Crippen molar-refractivity contribution in [3.63, 3.8) is 0 Å². The molecule has 94 valence electrons. The molecule has 0 fully saturated rings. The second-order valence-electron chi connectivity index (χ2n) is 4.74.